The topological polar surface area (TPSA) is 12.0 Å². The molecule has 21 heavy (non-hydrogen) atoms. The molecule has 1 aromatic rings. The monoisotopic (exact) mass is 510 g/mol. The molecule has 1 aromatic carbocycles. The third-order valence-electron chi connectivity index (χ3n) is 3.63. The average Bonchev–Trinajstić information content (AvgIpc) is 2.80. The number of nitrogens with one attached hydrogen (secondary N) is 1. The maximum Gasteiger partial charge on any atom is -0.147 e. The van der Waals surface area contributed by atoms with Gasteiger partial charge in [-0.2, -0.15) is 0 Å². The Kier molecular flexibility index (Phi) is 9.41. The first-order valence-electron chi connectivity index (χ1n) is 7.07. The quantitative estimate of drug-likeness (QED) is 0.548. The fraction of sp³-hybridized carbons (Fsp3) is 0.375. The van der Waals surface area contributed by atoms with Crippen molar-refractivity contribution in [3.63, 3.8) is 0 Å². The maximum absolute atomic E-state index is 4.05. The van der Waals surface area contributed by atoms with Gasteiger partial charge in [0, 0.05) is 0 Å². The van der Waals surface area contributed by atoms with Gasteiger partial charge in [-0.15, -0.1) is 24.8 Å². The summed E-state index contributed by atoms with van der Waals surface area (Å²) in [4.78, 5) is 0. The zero-order chi connectivity index (χ0) is 14.0. The summed E-state index contributed by atoms with van der Waals surface area (Å²) in [5.74, 6) is -0.568. The molecule has 0 heterocycles. The van der Waals surface area contributed by atoms with Crippen molar-refractivity contribution in [2.24, 2.45) is 0 Å². The molecular weight excluding hydrogens is 484 g/mol. The van der Waals surface area contributed by atoms with Crippen LogP contribution in [-0.4, -0.2) is 5.98 Å². The van der Waals surface area contributed by atoms with E-state index in [9.17, 15) is 0 Å². The first kappa shape index (κ1) is 21.2. The van der Waals surface area contributed by atoms with Gasteiger partial charge in [-0.1, -0.05) is 0 Å². The Labute approximate surface area is 150 Å². The normalized spacial score (nSPS) is 12.6. The van der Waals surface area contributed by atoms with Gasteiger partial charge in [0.05, 0.1) is 0 Å². The van der Waals surface area contributed by atoms with Crippen LogP contribution in [0, 0.1) is 20.8 Å². The van der Waals surface area contributed by atoms with E-state index in [-0.39, 0.29) is 24.8 Å². The van der Waals surface area contributed by atoms with Crippen LogP contribution < -0.4 is 3.30 Å². The minimum Gasteiger partial charge on any atom is -0.147 e. The van der Waals surface area contributed by atoms with Gasteiger partial charge in [-0.3, -0.25) is 0 Å². The molecule has 0 fully saturated rings. The predicted octanol–water partition coefficient (Wildman–Crippen LogP) is 5.23. The van der Waals surface area contributed by atoms with Crippen LogP contribution in [0.1, 0.15) is 23.1 Å². The van der Waals surface area contributed by atoms with Crippen LogP contribution in [0.4, 0.5) is 5.69 Å². The third kappa shape index (κ3) is 5.38. The van der Waals surface area contributed by atoms with Crippen LogP contribution in [0.2, 0.25) is 13.1 Å². The number of rotatable bonds is 4. The van der Waals surface area contributed by atoms with Gasteiger partial charge in [0.2, 0.25) is 0 Å². The summed E-state index contributed by atoms with van der Waals surface area (Å²) in [6, 6.07) is 4.61. The molecule has 117 valence electrons. The molecular formula is C16H26Cl2HfNSi. The standard InChI is InChI=1S/C9H12N.C5H5.C2H7Si.2ClH.Hf/c1-6-4-7(2)9(10)8(3)5-6;1-2-4-5-3-1;1-3-2;;;/h4-5,10H,1-3H3;1-3H,4H2;3H,1-2H3;2*1H;/q-1;;;;;+1. The first-order chi connectivity index (χ1) is 8.99. The second kappa shape index (κ2) is 9.34. The van der Waals surface area contributed by atoms with Gasteiger partial charge in [0.25, 0.3) is 0 Å². The van der Waals surface area contributed by atoms with Gasteiger partial charge in [-0.05, 0) is 0 Å². The van der Waals surface area contributed by atoms with Gasteiger partial charge >= 0.3 is 127 Å². The largest absolute Gasteiger partial charge is 0.147 e. The molecule has 1 aliphatic rings. The Morgan fingerprint density at radius 3 is 2.05 bits per heavy atom. The van der Waals surface area contributed by atoms with Crippen LogP contribution in [-0.2, 0) is 20.9 Å². The predicted molar refractivity (Wildman–Crippen MR) is 99.5 cm³/mol. The number of hydrogen-bond donors (Lipinski definition) is 1. The van der Waals surface area contributed by atoms with Crippen LogP contribution in [0.25, 0.3) is 0 Å². The first-order valence-corrected chi connectivity index (χ1v) is 19.8. The van der Waals surface area contributed by atoms with Crippen molar-refractivity contribution in [2.75, 3.05) is 3.30 Å². The molecule has 0 atom stereocenters. The number of allylic oxidation sites excluding steroid dienone is 4. The van der Waals surface area contributed by atoms with Crippen LogP contribution in [0.15, 0.2) is 33.7 Å². The van der Waals surface area contributed by atoms with Crippen LogP contribution >= 0.6 is 24.8 Å². The zero-order valence-corrected chi connectivity index (χ0v) is 19.9. The minimum absolute atomic E-state index is 0. The molecule has 1 nitrogen and oxygen atoms in total. The summed E-state index contributed by atoms with van der Waals surface area (Å²) < 4.78 is 5.82. The van der Waals surface area contributed by atoms with Crippen molar-refractivity contribution < 1.29 is 20.9 Å². The second-order valence-corrected chi connectivity index (χ2v) is 31.4. The van der Waals surface area contributed by atoms with Gasteiger partial charge < -0.3 is 0 Å². The van der Waals surface area contributed by atoms with E-state index in [1.54, 1.807) is 3.33 Å². The molecule has 5 heteroatoms. The zero-order valence-electron chi connectivity index (χ0n) is 13.5. The summed E-state index contributed by atoms with van der Waals surface area (Å²) >= 11 is -1.79. The molecule has 0 aliphatic heterocycles. The van der Waals surface area contributed by atoms with Crippen molar-refractivity contribution in [3.8, 4) is 0 Å². The van der Waals surface area contributed by atoms with Crippen molar-refractivity contribution in [1.82, 2.24) is 0 Å². The molecule has 0 spiro atoms. The number of anilines is 1. The molecule has 1 N–H and O–H groups in total. The minimum atomic E-state index is -1.79. The van der Waals surface area contributed by atoms with E-state index in [0.29, 0.717) is 0 Å². The summed E-state index contributed by atoms with van der Waals surface area (Å²) in [7, 11) is 0. The molecule has 0 saturated heterocycles. The average molecular weight is 510 g/mol. The van der Waals surface area contributed by atoms with Crippen molar-refractivity contribution in [1.29, 1.82) is 0 Å². The van der Waals surface area contributed by atoms with E-state index in [1.807, 2.05) is 0 Å². The molecule has 1 aliphatic carbocycles. The Bertz CT molecular complexity index is 518. The maximum atomic E-state index is 4.05. The van der Waals surface area contributed by atoms with Crippen LogP contribution in [0.5, 0.6) is 0 Å². The van der Waals surface area contributed by atoms with Gasteiger partial charge in [0.15, 0.2) is 0 Å². The van der Waals surface area contributed by atoms with Gasteiger partial charge in [-0.25, -0.2) is 0 Å². The smallest absolute Gasteiger partial charge is 0.147 e. The van der Waals surface area contributed by atoms with E-state index < -0.39 is 26.9 Å². The number of benzene rings is 1. The second-order valence-electron chi connectivity index (χ2n) is 5.79. The third-order valence-corrected chi connectivity index (χ3v) is 27.1. The molecule has 0 aromatic heterocycles. The Morgan fingerprint density at radius 2 is 1.62 bits per heavy atom. The molecule has 2 rings (SSSR count). The fourth-order valence-corrected chi connectivity index (χ4v) is 23.0. The summed E-state index contributed by atoms with van der Waals surface area (Å²) in [5.41, 5.74) is 5.64. The van der Waals surface area contributed by atoms with Crippen molar-refractivity contribution >= 4 is 36.5 Å². The molecule has 0 amide bonds. The number of aryl methyl sites for hydroxylation is 3. The van der Waals surface area contributed by atoms with E-state index in [2.05, 4.69) is 67.5 Å². The van der Waals surface area contributed by atoms with Crippen molar-refractivity contribution in [3.05, 3.63) is 50.4 Å². The fourth-order valence-electron chi connectivity index (χ4n) is 2.75. The Balaban J connectivity index is 0.00000200. The summed E-state index contributed by atoms with van der Waals surface area (Å²) in [6.07, 6.45) is 8.16. The molecule has 0 bridgehead atoms. The molecule has 0 saturated carbocycles. The molecule has 0 unspecified atom stereocenters. The van der Waals surface area contributed by atoms with E-state index in [0.717, 1.165) is 0 Å². The summed E-state index contributed by atoms with van der Waals surface area (Å²) in [6.45, 7) is 11.7. The Hall–Kier alpha value is 0.167. The van der Waals surface area contributed by atoms with E-state index in [4.69, 9.17) is 0 Å². The van der Waals surface area contributed by atoms with Crippen molar-refractivity contribution in [2.45, 2.75) is 40.3 Å². The number of halogens is 2. The molecule has 0 radical (unpaired) electrons. The number of hydrogen-bond acceptors (Lipinski definition) is 1. The Morgan fingerprint density at radius 1 is 1.05 bits per heavy atom. The van der Waals surface area contributed by atoms with E-state index >= 15 is 0 Å². The SMILES string of the molecule is Cc1cc(C)c([NH][Hf]([C]2=CC=CC2)[SiH](C)C)c(C)c1.Cl.Cl. The van der Waals surface area contributed by atoms with E-state index in [1.165, 1.54) is 28.8 Å². The van der Waals surface area contributed by atoms with Crippen LogP contribution in [0.3, 0.4) is 0 Å². The van der Waals surface area contributed by atoms with Gasteiger partial charge in [0.1, 0.15) is 0 Å². The summed E-state index contributed by atoms with van der Waals surface area (Å²) in [5, 5.41) is 0.